The third-order valence-electron chi connectivity index (χ3n) is 16.5. The standard InChI is InChI=1S/C70H50O15/c71-40-11-3-34(4-12-40)59-52-28-48(79)30-55(82)63(52)67-66-53(29-49(80)31-56(66)83-69(67)37-9-17-43(74)18-10-37)62(59)51-21-33(2-20-54(51)81)1-19-50-64-57(85-70(39-24-46(77)27-47(78)25-39)60(64)35-5-13-41(72)14-6-35)32-58-65(50)61(38-22-44(75)26-45(76)23-38)68(84-58)36-7-15-42(73)16-8-36/h1-32,59,61-62,67-69,71-82H/b19-1+/t59-,61-,62-,67-,68+,69+/m0/s1. The van der Waals surface area contributed by atoms with Gasteiger partial charge < -0.3 is 75.2 Å². The first-order valence-corrected chi connectivity index (χ1v) is 27.1. The largest absolute Gasteiger partial charge is 0.508 e. The molecule has 10 aromatic carbocycles. The molecule has 0 bridgehead atoms. The second-order valence-electron chi connectivity index (χ2n) is 21.8. The van der Waals surface area contributed by atoms with E-state index < -0.39 is 35.9 Å². The lowest BCUT2D eigenvalue weighted by Gasteiger charge is -2.31. The van der Waals surface area contributed by atoms with Gasteiger partial charge in [0.2, 0.25) is 0 Å². The Morgan fingerprint density at radius 3 is 1.42 bits per heavy atom. The molecule has 15 nitrogen and oxygen atoms in total. The normalized spacial score (nSPS) is 18.4. The number of hydrogen-bond donors (Lipinski definition) is 12. The fraction of sp³-hybridized carbons (Fsp3) is 0.0857. The van der Waals surface area contributed by atoms with Gasteiger partial charge in [-0.25, -0.2) is 0 Å². The van der Waals surface area contributed by atoms with Gasteiger partial charge in [-0.3, -0.25) is 0 Å². The maximum absolute atomic E-state index is 12.5. The van der Waals surface area contributed by atoms with Crippen molar-refractivity contribution >= 4 is 23.1 Å². The van der Waals surface area contributed by atoms with E-state index in [1.165, 1.54) is 97.1 Å². The van der Waals surface area contributed by atoms with E-state index in [0.29, 0.717) is 106 Å². The SMILES string of the molecule is Oc1ccc(-c2c(-c3cc(O)cc(O)c3)oc3cc4c(c(/C=C/c5ccc(O)c([C@H]6c7cc(O)cc8c7[C@H](c7c(O)cc(O)cc7[C@@H]6c6ccc(O)cc6)[C@@H](c6ccc(O)cc6)O8)c5)c23)[C@H](c2cc(O)cc(O)c2)[C@@H](c2ccc(O)cc2)O4)cc1. The van der Waals surface area contributed by atoms with Crippen molar-refractivity contribution in [2.24, 2.45) is 0 Å². The van der Waals surface area contributed by atoms with E-state index in [1.807, 2.05) is 12.2 Å². The molecule has 1 aromatic heterocycles. The van der Waals surface area contributed by atoms with Gasteiger partial charge in [0.1, 0.15) is 104 Å². The van der Waals surface area contributed by atoms with Crippen molar-refractivity contribution in [3.63, 3.8) is 0 Å². The molecule has 11 aromatic rings. The molecule has 15 heteroatoms. The van der Waals surface area contributed by atoms with Crippen LogP contribution in [0.4, 0.5) is 0 Å². The Hall–Kier alpha value is -11.3. The second-order valence-corrected chi connectivity index (χ2v) is 21.8. The van der Waals surface area contributed by atoms with Crippen LogP contribution in [0.3, 0.4) is 0 Å². The number of hydrogen-bond acceptors (Lipinski definition) is 15. The maximum Gasteiger partial charge on any atom is 0.143 e. The van der Waals surface area contributed by atoms with E-state index >= 15 is 0 Å². The van der Waals surface area contributed by atoms with Gasteiger partial charge in [0.15, 0.2) is 0 Å². The predicted molar refractivity (Wildman–Crippen MR) is 315 cm³/mol. The summed E-state index contributed by atoms with van der Waals surface area (Å²) in [5.74, 6) is -4.17. The Kier molecular flexibility index (Phi) is 12.0. The number of aromatic hydroxyl groups is 12. The average molecular weight is 1130 g/mol. The van der Waals surface area contributed by atoms with Crippen LogP contribution in [0.2, 0.25) is 0 Å². The van der Waals surface area contributed by atoms with Crippen LogP contribution in [0.5, 0.6) is 80.5 Å². The molecule has 0 saturated carbocycles. The summed E-state index contributed by atoms with van der Waals surface area (Å²) in [6, 6.07) is 47.0. The third-order valence-corrected chi connectivity index (χ3v) is 16.5. The number of rotatable bonds is 9. The summed E-state index contributed by atoms with van der Waals surface area (Å²) in [4.78, 5) is 0. The zero-order valence-electron chi connectivity index (χ0n) is 44.5. The monoisotopic (exact) mass is 1130 g/mol. The van der Waals surface area contributed by atoms with Gasteiger partial charge in [0.25, 0.3) is 0 Å². The molecule has 0 unspecified atom stereocenters. The Morgan fingerprint density at radius 1 is 0.318 bits per heavy atom. The first-order chi connectivity index (χ1) is 41.0. The molecule has 12 N–H and O–H groups in total. The first-order valence-electron chi connectivity index (χ1n) is 27.1. The zero-order chi connectivity index (χ0) is 58.7. The average Bonchev–Trinajstić information content (AvgIpc) is 1.78. The molecule has 2 aliphatic heterocycles. The molecule has 85 heavy (non-hydrogen) atoms. The molecule has 3 aliphatic rings. The van der Waals surface area contributed by atoms with E-state index in [0.717, 1.165) is 0 Å². The topological polar surface area (TPSA) is 274 Å². The highest BCUT2D eigenvalue weighted by Crippen LogP contribution is 2.64. The van der Waals surface area contributed by atoms with E-state index in [4.69, 9.17) is 13.9 Å². The quantitative estimate of drug-likeness (QED) is 0.0599. The van der Waals surface area contributed by atoms with Gasteiger partial charge in [0, 0.05) is 80.9 Å². The number of furan rings is 1. The van der Waals surface area contributed by atoms with Crippen LogP contribution in [0.1, 0.15) is 103 Å². The molecule has 0 fully saturated rings. The lowest BCUT2D eigenvalue weighted by atomic mass is 9.73. The summed E-state index contributed by atoms with van der Waals surface area (Å²) in [6.07, 6.45) is 2.03. The lowest BCUT2D eigenvalue weighted by molar-refractivity contribution is 0.220. The number of fused-ring (bicyclic) bond motifs is 4. The summed E-state index contributed by atoms with van der Waals surface area (Å²) in [5, 5.41) is 134. The van der Waals surface area contributed by atoms with Crippen LogP contribution in [0.25, 0.3) is 45.6 Å². The van der Waals surface area contributed by atoms with Gasteiger partial charge in [-0.2, -0.15) is 0 Å². The summed E-state index contributed by atoms with van der Waals surface area (Å²) >= 11 is 0. The highest BCUT2D eigenvalue weighted by atomic mass is 16.5. The fourth-order valence-electron chi connectivity index (χ4n) is 13.1. The van der Waals surface area contributed by atoms with Crippen LogP contribution >= 0.6 is 0 Å². The summed E-state index contributed by atoms with van der Waals surface area (Å²) < 4.78 is 20.6. The van der Waals surface area contributed by atoms with Gasteiger partial charge in [-0.05, 0) is 147 Å². The zero-order valence-corrected chi connectivity index (χ0v) is 44.5. The van der Waals surface area contributed by atoms with Crippen molar-refractivity contribution in [1.82, 2.24) is 0 Å². The number of phenolic OH excluding ortho intramolecular Hbond substituents is 12. The van der Waals surface area contributed by atoms with Crippen molar-refractivity contribution in [2.75, 3.05) is 0 Å². The van der Waals surface area contributed by atoms with Crippen LogP contribution in [-0.2, 0) is 0 Å². The van der Waals surface area contributed by atoms with Crippen LogP contribution in [-0.4, -0.2) is 61.3 Å². The van der Waals surface area contributed by atoms with Crippen LogP contribution in [0, 0.1) is 0 Å². The van der Waals surface area contributed by atoms with E-state index in [9.17, 15) is 61.3 Å². The Balaban J connectivity index is 1.03. The Labute approximate surface area is 483 Å². The van der Waals surface area contributed by atoms with Gasteiger partial charge in [-0.15, -0.1) is 0 Å². The molecule has 0 saturated heterocycles. The van der Waals surface area contributed by atoms with Gasteiger partial charge in [-0.1, -0.05) is 66.7 Å². The minimum Gasteiger partial charge on any atom is -0.508 e. The molecule has 14 rings (SSSR count). The van der Waals surface area contributed by atoms with E-state index in [-0.39, 0.29) is 74.8 Å². The molecule has 0 amide bonds. The summed E-state index contributed by atoms with van der Waals surface area (Å²) in [6.45, 7) is 0. The lowest BCUT2D eigenvalue weighted by Crippen LogP contribution is -2.16. The van der Waals surface area contributed by atoms with Crippen LogP contribution in [0.15, 0.2) is 186 Å². The predicted octanol–water partition coefficient (Wildman–Crippen LogP) is 14.2. The molecule has 3 heterocycles. The smallest absolute Gasteiger partial charge is 0.143 e. The Morgan fingerprint density at radius 2 is 0.824 bits per heavy atom. The van der Waals surface area contributed by atoms with Crippen molar-refractivity contribution < 1.29 is 75.2 Å². The summed E-state index contributed by atoms with van der Waals surface area (Å²) in [7, 11) is 0. The Bertz CT molecular complexity index is 4490. The highest BCUT2D eigenvalue weighted by Gasteiger charge is 2.49. The van der Waals surface area contributed by atoms with Gasteiger partial charge in [0.05, 0.1) is 11.8 Å². The van der Waals surface area contributed by atoms with Crippen molar-refractivity contribution in [1.29, 1.82) is 0 Å². The second kappa shape index (κ2) is 19.7. The summed E-state index contributed by atoms with van der Waals surface area (Å²) in [5.41, 5.74) is 7.97. The third kappa shape index (κ3) is 8.84. The number of phenols is 12. The van der Waals surface area contributed by atoms with E-state index in [1.54, 1.807) is 84.9 Å². The molecular weight excluding hydrogens is 1080 g/mol. The van der Waals surface area contributed by atoms with Gasteiger partial charge >= 0.3 is 0 Å². The number of ether oxygens (including phenoxy) is 2. The minimum atomic E-state index is -0.933. The highest BCUT2D eigenvalue weighted by molar-refractivity contribution is 6.08. The van der Waals surface area contributed by atoms with Crippen molar-refractivity contribution in [3.05, 3.63) is 249 Å². The minimum absolute atomic E-state index is 0.0135. The molecule has 6 atom stereocenters. The van der Waals surface area contributed by atoms with E-state index in [2.05, 4.69) is 0 Å². The fourth-order valence-corrected chi connectivity index (χ4v) is 13.1. The molecule has 0 spiro atoms. The van der Waals surface area contributed by atoms with Crippen LogP contribution < -0.4 is 9.47 Å². The first kappa shape index (κ1) is 51.8. The van der Waals surface area contributed by atoms with Crippen molar-refractivity contribution in [3.8, 4) is 103 Å². The molecule has 1 aliphatic carbocycles. The maximum atomic E-state index is 12.5. The molecule has 420 valence electrons. The van der Waals surface area contributed by atoms with Crippen molar-refractivity contribution in [2.45, 2.75) is 35.9 Å². The number of benzene rings is 10. The molecular formula is C70H50O15. The molecule has 0 radical (unpaired) electrons.